The minimum Gasteiger partial charge on any atom is -0.480 e. The van der Waals surface area contributed by atoms with Crippen LogP contribution in [0.2, 0.25) is 0 Å². The highest BCUT2D eigenvalue weighted by molar-refractivity contribution is 7.22. The molecule has 0 bridgehead atoms. The number of amides is 1. The number of aromatic nitrogens is 1. The average molecular weight is 289 g/mol. The smallest absolute Gasteiger partial charge is 0.323 e. The van der Waals surface area contributed by atoms with Crippen LogP contribution in [0.15, 0.2) is 18.2 Å². The Morgan fingerprint density at radius 3 is 2.90 bits per heavy atom. The van der Waals surface area contributed by atoms with Crippen molar-refractivity contribution in [3.63, 3.8) is 0 Å². The second-order valence-electron chi connectivity index (χ2n) is 3.99. The van der Waals surface area contributed by atoms with Crippen molar-refractivity contribution in [2.75, 3.05) is 18.8 Å². The van der Waals surface area contributed by atoms with Crippen molar-refractivity contribution in [3.8, 4) is 12.3 Å². The number of hydrogen-bond acceptors (Lipinski definition) is 5. The molecule has 1 aromatic carbocycles. The van der Waals surface area contributed by atoms with Gasteiger partial charge in [-0.1, -0.05) is 17.3 Å². The lowest BCUT2D eigenvalue weighted by molar-refractivity contribution is -0.137. The fraction of sp³-hybridized carbons (Fsp3) is 0.154. The molecule has 2 rings (SSSR count). The Labute approximate surface area is 118 Å². The first-order valence-electron chi connectivity index (χ1n) is 5.62. The van der Waals surface area contributed by atoms with E-state index >= 15 is 0 Å². The van der Waals surface area contributed by atoms with Gasteiger partial charge >= 0.3 is 5.97 Å². The van der Waals surface area contributed by atoms with E-state index in [4.69, 9.17) is 17.3 Å². The van der Waals surface area contributed by atoms with Gasteiger partial charge in [0.2, 0.25) is 0 Å². The number of nitrogen functional groups attached to an aromatic ring is 1. The SMILES string of the molecule is C#CCN(CC(=O)O)C(=O)c1ccc2nc(N)sc2c1. The maximum Gasteiger partial charge on any atom is 0.323 e. The van der Waals surface area contributed by atoms with Crippen LogP contribution >= 0.6 is 11.3 Å². The number of carbonyl (C=O) groups is 2. The number of carboxylic acid groups (broad SMARTS) is 1. The standard InChI is InChI=1S/C13H11N3O3S/c1-2-5-16(7-11(17)18)12(19)8-3-4-9-10(6-8)20-13(14)15-9/h1,3-4,6H,5,7H2,(H2,14,15)(H,17,18). The number of hydrogen-bond donors (Lipinski definition) is 2. The second-order valence-corrected chi connectivity index (χ2v) is 5.06. The summed E-state index contributed by atoms with van der Waals surface area (Å²) in [6.07, 6.45) is 5.15. The maximum atomic E-state index is 12.2. The van der Waals surface area contributed by atoms with Gasteiger partial charge in [0.15, 0.2) is 5.13 Å². The molecule has 0 aliphatic heterocycles. The number of thiazole rings is 1. The molecule has 0 aliphatic carbocycles. The third-order valence-electron chi connectivity index (χ3n) is 2.55. The molecule has 3 N–H and O–H groups in total. The Hall–Kier alpha value is -2.59. The van der Waals surface area contributed by atoms with E-state index < -0.39 is 18.4 Å². The number of nitrogens with zero attached hydrogens (tertiary/aromatic N) is 2. The highest BCUT2D eigenvalue weighted by Crippen LogP contribution is 2.25. The number of benzene rings is 1. The molecule has 0 unspecified atom stereocenters. The molecule has 0 radical (unpaired) electrons. The molecule has 102 valence electrons. The van der Waals surface area contributed by atoms with Crippen molar-refractivity contribution in [2.45, 2.75) is 0 Å². The van der Waals surface area contributed by atoms with E-state index in [0.717, 1.165) is 9.60 Å². The first kappa shape index (κ1) is 13.8. The number of fused-ring (bicyclic) bond motifs is 1. The molecule has 1 amide bonds. The van der Waals surface area contributed by atoms with Gasteiger partial charge in [-0.15, -0.1) is 6.42 Å². The monoisotopic (exact) mass is 289 g/mol. The highest BCUT2D eigenvalue weighted by Gasteiger charge is 2.18. The summed E-state index contributed by atoms with van der Waals surface area (Å²) < 4.78 is 0.768. The van der Waals surface area contributed by atoms with Crippen molar-refractivity contribution in [2.24, 2.45) is 0 Å². The van der Waals surface area contributed by atoms with E-state index in [1.165, 1.54) is 11.3 Å². The Balaban J connectivity index is 2.32. The number of carbonyl (C=O) groups excluding carboxylic acids is 1. The molecule has 0 saturated heterocycles. The van der Waals surface area contributed by atoms with Crippen LogP contribution in [0.4, 0.5) is 5.13 Å². The van der Waals surface area contributed by atoms with E-state index in [0.29, 0.717) is 16.2 Å². The third kappa shape index (κ3) is 2.87. The molecule has 6 nitrogen and oxygen atoms in total. The largest absolute Gasteiger partial charge is 0.480 e. The lowest BCUT2D eigenvalue weighted by Gasteiger charge is -2.17. The summed E-state index contributed by atoms with van der Waals surface area (Å²) in [6, 6.07) is 4.89. The van der Waals surface area contributed by atoms with Crippen LogP contribution in [-0.4, -0.2) is 40.0 Å². The Bertz CT molecular complexity index is 717. The lowest BCUT2D eigenvalue weighted by atomic mass is 10.2. The quantitative estimate of drug-likeness (QED) is 0.820. The Kier molecular flexibility index (Phi) is 3.86. The molecular formula is C13H11N3O3S. The fourth-order valence-electron chi connectivity index (χ4n) is 1.73. The van der Waals surface area contributed by atoms with E-state index in [9.17, 15) is 9.59 Å². The van der Waals surface area contributed by atoms with Crippen LogP contribution in [0.25, 0.3) is 10.2 Å². The number of anilines is 1. The van der Waals surface area contributed by atoms with E-state index in [1.807, 2.05) is 0 Å². The molecule has 20 heavy (non-hydrogen) atoms. The predicted molar refractivity (Wildman–Crippen MR) is 76.4 cm³/mol. The summed E-state index contributed by atoms with van der Waals surface area (Å²) >= 11 is 1.26. The zero-order valence-corrected chi connectivity index (χ0v) is 11.2. The fourth-order valence-corrected chi connectivity index (χ4v) is 2.50. The van der Waals surface area contributed by atoms with Crippen LogP contribution in [-0.2, 0) is 4.79 Å². The Morgan fingerprint density at radius 2 is 2.25 bits per heavy atom. The molecule has 1 aromatic heterocycles. The average Bonchev–Trinajstić information content (AvgIpc) is 2.75. The van der Waals surface area contributed by atoms with Crippen LogP contribution in [0, 0.1) is 12.3 Å². The number of nitrogens with two attached hydrogens (primary N) is 1. The van der Waals surface area contributed by atoms with Crippen molar-refractivity contribution >= 4 is 38.6 Å². The van der Waals surface area contributed by atoms with E-state index in [2.05, 4.69) is 10.9 Å². The van der Waals surface area contributed by atoms with Crippen molar-refractivity contribution in [3.05, 3.63) is 23.8 Å². The summed E-state index contributed by atoms with van der Waals surface area (Å²) in [7, 11) is 0. The van der Waals surface area contributed by atoms with Crippen LogP contribution in [0.3, 0.4) is 0 Å². The topological polar surface area (TPSA) is 96.5 Å². The zero-order valence-electron chi connectivity index (χ0n) is 10.4. The van der Waals surface area contributed by atoms with Gasteiger partial charge in [-0.2, -0.15) is 0 Å². The van der Waals surface area contributed by atoms with E-state index in [-0.39, 0.29) is 6.54 Å². The Morgan fingerprint density at radius 1 is 1.50 bits per heavy atom. The van der Waals surface area contributed by atoms with Crippen molar-refractivity contribution in [1.29, 1.82) is 0 Å². The first-order chi connectivity index (χ1) is 9.51. The molecule has 7 heteroatoms. The maximum absolute atomic E-state index is 12.2. The third-order valence-corrected chi connectivity index (χ3v) is 3.39. The van der Waals surface area contributed by atoms with Gasteiger partial charge in [0.25, 0.3) is 5.91 Å². The molecule has 2 aromatic rings. The first-order valence-corrected chi connectivity index (χ1v) is 6.43. The minimum atomic E-state index is -1.11. The lowest BCUT2D eigenvalue weighted by Crippen LogP contribution is -2.35. The van der Waals surface area contributed by atoms with Gasteiger partial charge in [0, 0.05) is 5.56 Å². The van der Waals surface area contributed by atoms with Gasteiger partial charge < -0.3 is 15.7 Å². The van der Waals surface area contributed by atoms with Gasteiger partial charge in [0.1, 0.15) is 6.54 Å². The number of terminal acetylenes is 1. The molecular weight excluding hydrogens is 278 g/mol. The summed E-state index contributed by atoms with van der Waals surface area (Å²) in [5.74, 6) is 0.732. The predicted octanol–water partition coefficient (Wildman–Crippen LogP) is 1.04. The van der Waals surface area contributed by atoms with Gasteiger partial charge in [0.05, 0.1) is 16.8 Å². The molecule has 0 aliphatic rings. The van der Waals surface area contributed by atoms with Crippen LogP contribution in [0.1, 0.15) is 10.4 Å². The minimum absolute atomic E-state index is 0.0615. The summed E-state index contributed by atoms with van der Waals surface area (Å²) in [5.41, 5.74) is 6.66. The molecule has 1 heterocycles. The normalized spacial score (nSPS) is 10.2. The summed E-state index contributed by atoms with van der Waals surface area (Å²) in [6.45, 7) is -0.500. The van der Waals surface area contributed by atoms with Gasteiger partial charge in [-0.25, -0.2) is 4.98 Å². The number of rotatable bonds is 4. The highest BCUT2D eigenvalue weighted by atomic mass is 32.1. The summed E-state index contributed by atoms with van der Waals surface area (Å²) in [4.78, 5) is 28.2. The van der Waals surface area contributed by atoms with Crippen molar-refractivity contribution in [1.82, 2.24) is 9.88 Å². The van der Waals surface area contributed by atoms with Crippen LogP contribution in [0.5, 0.6) is 0 Å². The molecule has 0 atom stereocenters. The second kappa shape index (κ2) is 5.59. The molecule has 0 saturated carbocycles. The number of aliphatic carboxylic acids is 1. The van der Waals surface area contributed by atoms with Gasteiger partial charge in [-0.05, 0) is 18.2 Å². The van der Waals surface area contributed by atoms with Crippen molar-refractivity contribution < 1.29 is 14.7 Å². The summed E-state index contributed by atoms with van der Waals surface area (Å²) in [5, 5.41) is 9.21. The molecule has 0 fully saturated rings. The zero-order chi connectivity index (χ0) is 14.7. The van der Waals surface area contributed by atoms with Gasteiger partial charge in [-0.3, -0.25) is 9.59 Å². The van der Waals surface area contributed by atoms with Crippen LogP contribution < -0.4 is 5.73 Å². The molecule has 0 spiro atoms. The number of carboxylic acids is 1. The van der Waals surface area contributed by atoms with E-state index in [1.54, 1.807) is 18.2 Å².